The van der Waals surface area contributed by atoms with Crippen LogP contribution in [0.3, 0.4) is 0 Å². The zero-order valence-corrected chi connectivity index (χ0v) is 12.7. The van der Waals surface area contributed by atoms with Gasteiger partial charge in [-0.3, -0.25) is 0 Å². The van der Waals surface area contributed by atoms with Gasteiger partial charge in [-0.15, -0.1) is 0 Å². The van der Waals surface area contributed by atoms with E-state index in [1.807, 2.05) is 0 Å². The zero-order valence-electron chi connectivity index (χ0n) is 11.1. The first-order chi connectivity index (χ1) is 9.22. The average molecular weight is 316 g/mol. The molecule has 1 N–H and O–H groups in total. The Bertz CT molecular complexity index is 570. The molecule has 0 saturated heterocycles. The normalized spacial score (nSPS) is 14.4. The van der Waals surface area contributed by atoms with Gasteiger partial charge in [-0.1, -0.05) is 40.2 Å². The standard InChI is InChI=1S/C17H18BrN/c1-12-10-16(18)8-9-17(12)19-11-13-2-4-14(5-3-13)15-6-7-15/h2-5,8-10,15,19H,6-7,11H2,1H3. The minimum atomic E-state index is 0.843. The third-order valence-corrected chi connectivity index (χ3v) is 4.19. The highest BCUT2D eigenvalue weighted by molar-refractivity contribution is 9.10. The molecule has 0 aliphatic heterocycles. The molecule has 0 heterocycles. The van der Waals surface area contributed by atoms with E-state index in [1.54, 1.807) is 0 Å². The molecule has 1 nitrogen and oxygen atoms in total. The smallest absolute Gasteiger partial charge is 0.0400 e. The van der Waals surface area contributed by atoms with Crippen molar-refractivity contribution in [1.82, 2.24) is 0 Å². The number of anilines is 1. The monoisotopic (exact) mass is 315 g/mol. The minimum absolute atomic E-state index is 0.843. The Morgan fingerprint density at radius 2 is 1.84 bits per heavy atom. The van der Waals surface area contributed by atoms with Crippen LogP contribution in [0.4, 0.5) is 5.69 Å². The van der Waals surface area contributed by atoms with E-state index in [4.69, 9.17) is 0 Å². The molecule has 2 aromatic rings. The second-order valence-corrected chi connectivity index (χ2v) is 6.24. The van der Waals surface area contributed by atoms with Crippen LogP contribution in [0.15, 0.2) is 46.9 Å². The molecule has 1 fully saturated rings. The van der Waals surface area contributed by atoms with Crippen molar-refractivity contribution in [3.05, 3.63) is 63.6 Å². The maximum absolute atomic E-state index is 3.50. The van der Waals surface area contributed by atoms with Gasteiger partial charge in [0.15, 0.2) is 0 Å². The Morgan fingerprint density at radius 1 is 1.11 bits per heavy atom. The molecule has 0 aromatic heterocycles. The third kappa shape index (κ3) is 3.19. The Balaban J connectivity index is 1.64. The lowest BCUT2D eigenvalue weighted by atomic mass is 10.1. The Kier molecular flexibility index (Phi) is 3.61. The molecule has 2 aromatic carbocycles. The lowest BCUT2D eigenvalue weighted by Crippen LogP contribution is -2.01. The largest absolute Gasteiger partial charge is 0.381 e. The van der Waals surface area contributed by atoms with Crippen molar-refractivity contribution in [3.8, 4) is 0 Å². The van der Waals surface area contributed by atoms with Gasteiger partial charge in [-0.2, -0.15) is 0 Å². The highest BCUT2D eigenvalue weighted by Gasteiger charge is 2.22. The van der Waals surface area contributed by atoms with Gasteiger partial charge >= 0.3 is 0 Å². The van der Waals surface area contributed by atoms with Crippen LogP contribution in [0.2, 0.25) is 0 Å². The molecular formula is C17H18BrN. The number of rotatable bonds is 4. The molecule has 0 amide bonds. The molecule has 0 atom stereocenters. The Morgan fingerprint density at radius 3 is 2.47 bits per heavy atom. The van der Waals surface area contributed by atoms with Gasteiger partial charge in [-0.25, -0.2) is 0 Å². The van der Waals surface area contributed by atoms with E-state index in [1.165, 1.54) is 35.2 Å². The quantitative estimate of drug-likeness (QED) is 0.812. The van der Waals surface area contributed by atoms with Crippen LogP contribution in [0.1, 0.15) is 35.4 Å². The zero-order chi connectivity index (χ0) is 13.2. The van der Waals surface area contributed by atoms with Gasteiger partial charge < -0.3 is 5.32 Å². The Hall–Kier alpha value is -1.28. The molecule has 1 aliphatic rings. The maximum Gasteiger partial charge on any atom is 0.0400 e. The maximum atomic E-state index is 3.50. The van der Waals surface area contributed by atoms with Crippen molar-refractivity contribution in [3.63, 3.8) is 0 Å². The summed E-state index contributed by atoms with van der Waals surface area (Å²) in [6, 6.07) is 15.4. The van der Waals surface area contributed by atoms with E-state index in [0.717, 1.165) is 16.9 Å². The fraction of sp³-hybridized carbons (Fsp3) is 0.294. The summed E-state index contributed by atoms with van der Waals surface area (Å²) >= 11 is 3.49. The van der Waals surface area contributed by atoms with Crippen LogP contribution in [0.5, 0.6) is 0 Å². The van der Waals surface area contributed by atoms with Gasteiger partial charge in [0.05, 0.1) is 0 Å². The summed E-state index contributed by atoms with van der Waals surface area (Å²) in [4.78, 5) is 0. The number of benzene rings is 2. The van der Waals surface area contributed by atoms with E-state index >= 15 is 0 Å². The van der Waals surface area contributed by atoms with Gasteiger partial charge in [0.1, 0.15) is 0 Å². The number of hydrogen-bond donors (Lipinski definition) is 1. The molecule has 0 spiro atoms. The number of halogens is 1. The first-order valence-electron chi connectivity index (χ1n) is 6.81. The third-order valence-electron chi connectivity index (χ3n) is 3.70. The van der Waals surface area contributed by atoms with Crippen LogP contribution in [0.25, 0.3) is 0 Å². The topological polar surface area (TPSA) is 12.0 Å². The van der Waals surface area contributed by atoms with Crippen molar-refractivity contribution in [2.24, 2.45) is 0 Å². The van der Waals surface area contributed by atoms with E-state index in [9.17, 15) is 0 Å². The first-order valence-corrected chi connectivity index (χ1v) is 7.60. The molecule has 0 bridgehead atoms. The fourth-order valence-electron chi connectivity index (χ4n) is 2.35. The second-order valence-electron chi connectivity index (χ2n) is 5.33. The van der Waals surface area contributed by atoms with Crippen molar-refractivity contribution in [2.45, 2.75) is 32.2 Å². The fourth-order valence-corrected chi connectivity index (χ4v) is 2.82. The summed E-state index contributed by atoms with van der Waals surface area (Å²) in [5.74, 6) is 0.843. The molecule has 19 heavy (non-hydrogen) atoms. The molecule has 0 radical (unpaired) electrons. The van der Waals surface area contributed by atoms with Gasteiger partial charge in [0.2, 0.25) is 0 Å². The van der Waals surface area contributed by atoms with Crippen LogP contribution in [-0.2, 0) is 6.54 Å². The Labute approximate surface area is 123 Å². The van der Waals surface area contributed by atoms with Crippen LogP contribution in [0, 0.1) is 6.92 Å². The predicted octanol–water partition coefficient (Wildman–Crippen LogP) is 5.25. The van der Waals surface area contributed by atoms with E-state index < -0.39 is 0 Å². The lowest BCUT2D eigenvalue weighted by Gasteiger charge is -2.10. The molecule has 1 aliphatic carbocycles. The minimum Gasteiger partial charge on any atom is -0.381 e. The summed E-state index contributed by atoms with van der Waals surface area (Å²) in [6.07, 6.45) is 2.74. The van der Waals surface area contributed by atoms with E-state index in [0.29, 0.717) is 0 Å². The SMILES string of the molecule is Cc1cc(Br)ccc1NCc1ccc(C2CC2)cc1. The van der Waals surface area contributed by atoms with Crippen molar-refractivity contribution >= 4 is 21.6 Å². The molecule has 0 unspecified atom stereocenters. The highest BCUT2D eigenvalue weighted by Crippen LogP contribution is 2.39. The van der Waals surface area contributed by atoms with Crippen molar-refractivity contribution < 1.29 is 0 Å². The number of hydrogen-bond acceptors (Lipinski definition) is 1. The number of aryl methyl sites for hydroxylation is 1. The van der Waals surface area contributed by atoms with Gasteiger partial charge in [-0.05, 0) is 60.6 Å². The van der Waals surface area contributed by atoms with E-state index in [-0.39, 0.29) is 0 Å². The summed E-state index contributed by atoms with van der Waals surface area (Å²) in [5, 5.41) is 3.50. The van der Waals surface area contributed by atoms with Crippen molar-refractivity contribution in [1.29, 1.82) is 0 Å². The predicted molar refractivity (Wildman–Crippen MR) is 84.6 cm³/mol. The molecule has 98 valence electrons. The van der Waals surface area contributed by atoms with Crippen molar-refractivity contribution in [2.75, 3.05) is 5.32 Å². The first kappa shape index (κ1) is 12.7. The average Bonchev–Trinajstić information content (AvgIpc) is 3.23. The van der Waals surface area contributed by atoms with Crippen LogP contribution < -0.4 is 5.32 Å². The summed E-state index contributed by atoms with van der Waals surface area (Å²) in [5.41, 5.74) is 5.31. The number of nitrogens with one attached hydrogen (secondary N) is 1. The van der Waals surface area contributed by atoms with E-state index in [2.05, 4.69) is 70.6 Å². The summed E-state index contributed by atoms with van der Waals surface area (Å²) < 4.78 is 1.13. The summed E-state index contributed by atoms with van der Waals surface area (Å²) in [7, 11) is 0. The van der Waals surface area contributed by atoms with Gasteiger partial charge in [0, 0.05) is 16.7 Å². The molecule has 3 rings (SSSR count). The molecular weight excluding hydrogens is 298 g/mol. The summed E-state index contributed by atoms with van der Waals surface area (Å²) in [6.45, 7) is 3.01. The lowest BCUT2D eigenvalue weighted by molar-refractivity contribution is 1.10. The molecule has 1 saturated carbocycles. The van der Waals surface area contributed by atoms with Gasteiger partial charge in [0.25, 0.3) is 0 Å². The molecule has 2 heteroatoms. The van der Waals surface area contributed by atoms with Crippen LogP contribution in [-0.4, -0.2) is 0 Å². The highest BCUT2D eigenvalue weighted by atomic mass is 79.9. The second kappa shape index (κ2) is 5.38. The van der Waals surface area contributed by atoms with Crippen LogP contribution >= 0.6 is 15.9 Å².